The average molecular weight is 376 g/mol. The fourth-order valence-corrected chi connectivity index (χ4v) is 2.60. The number of nitrogens with one attached hydrogen (secondary N) is 1. The van der Waals surface area contributed by atoms with E-state index in [4.69, 9.17) is 4.74 Å². The molecule has 2 aromatic carbocycles. The van der Waals surface area contributed by atoms with Crippen molar-refractivity contribution in [3.05, 3.63) is 59.8 Å². The number of esters is 1. The molecular formula is C19H15F3N2O3. The topological polar surface area (TPSA) is 71.5 Å². The van der Waals surface area contributed by atoms with Gasteiger partial charge in [0, 0.05) is 23.3 Å². The van der Waals surface area contributed by atoms with Crippen LogP contribution in [0.2, 0.25) is 0 Å². The second-order valence-electron chi connectivity index (χ2n) is 5.67. The largest absolute Gasteiger partial charge is 0.508 e. The van der Waals surface area contributed by atoms with Crippen LogP contribution in [0.1, 0.15) is 22.8 Å². The predicted octanol–water partition coefficient (Wildman–Crippen LogP) is 4.88. The lowest BCUT2D eigenvalue weighted by atomic mass is 10.1. The smallest absolute Gasteiger partial charge is 0.416 e. The number of nitrogens with zero attached hydrogens (tertiary/aromatic N) is 1. The molecule has 0 atom stereocenters. The number of carbonyl (C=O) groups excluding carboxylic acids is 1. The Morgan fingerprint density at radius 3 is 2.67 bits per heavy atom. The van der Waals surface area contributed by atoms with Crippen LogP contribution in [0.25, 0.3) is 10.9 Å². The van der Waals surface area contributed by atoms with Crippen LogP contribution in [0.5, 0.6) is 5.75 Å². The van der Waals surface area contributed by atoms with Crippen LogP contribution in [0, 0.1) is 0 Å². The summed E-state index contributed by atoms with van der Waals surface area (Å²) in [6.45, 7) is 1.78. The van der Waals surface area contributed by atoms with E-state index in [1.54, 1.807) is 19.1 Å². The van der Waals surface area contributed by atoms with E-state index in [1.807, 2.05) is 0 Å². The Morgan fingerprint density at radius 1 is 1.22 bits per heavy atom. The molecule has 2 N–H and O–H groups in total. The van der Waals surface area contributed by atoms with Gasteiger partial charge in [-0.1, -0.05) is 12.1 Å². The molecule has 5 nitrogen and oxygen atoms in total. The molecule has 0 spiro atoms. The number of aromatic nitrogens is 1. The third-order valence-corrected chi connectivity index (χ3v) is 3.81. The number of hydrogen-bond acceptors (Lipinski definition) is 5. The number of ether oxygens (including phenoxy) is 1. The van der Waals surface area contributed by atoms with Gasteiger partial charge in [0.2, 0.25) is 0 Å². The van der Waals surface area contributed by atoms with Gasteiger partial charge < -0.3 is 15.2 Å². The Kier molecular flexibility index (Phi) is 4.89. The minimum Gasteiger partial charge on any atom is -0.508 e. The second-order valence-corrected chi connectivity index (χ2v) is 5.67. The average Bonchev–Trinajstić information content (AvgIpc) is 2.61. The van der Waals surface area contributed by atoms with E-state index in [9.17, 15) is 23.1 Å². The number of anilines is 2. The maximum absolute atomic E-state index is 13.0. The SMILES string of the molecule is CCOC(=O)c1cnc2cc(C(F)(F)F)ccc2c1Nc1cccc(O)c1. The van der Waals surface area contributed by atoms with E-state index in [0.29, 0.717) is 11.1 Å². The highest BCUT2D eigenvalue weighted by atomic mass is 19.4. The summed E-state index contributed by atoms with van der Waals surface area (Å²) in [4.78, 5) is 16.2. The number of carbonyl (C=O) groups is 1. The van der Waals surface area contributed by atoms with E-state index in [2.05, 4.69) is 10.3 Å². The Balaban J connectivity index is 2.17. The maximum Gasteiger partial charge on any atom is 0.416 e. The highest BCUT2D eigenvalue weighted by molar-refractivity contribution is 6.06. The Morgan fingerprint density at radius 2 is 2.00 bits per heavy atom. The number of aromatic hydroxyl groups is 1. The first-order valence-electron chi connectivity index (χ1n) is 8.02. The van der Waals surface area contributed by atoms with Crippen LogP contribution in [0.3, 0.4) is 0 Å². The second kappa shape index (κ2) is 7.14. The molecule has 0 aliphatic carbocycles. The number of benzene rings is 2. The molecule has 0 amide bonds. The molecule has 0 unspecified atom stereocenters. The Hall–Kier alpha value is -3.29. The standard InChI is InChI=1S/C19H15F3N2O3/c1-2-27-18(26)15-10-23-16-8-11(19(20,21)22)6-7-14(16)17(15)24-12-4-3-5-13(25)9-12/h3-10,25H,2H2,1H3,(H,23,24). The molecule has 3 rings (SSSR count). The van der Waals surface area contributed by atoms with Gasteiger partial charge in [-0.05, 0) is 31.2 Å². The summed E-state index contributed by atoms with van der Waals surface area (Å²) in [5.74, 6) is -0.662. The van der Waals surface area contributed by atoms with Gasteiger partial charge in [0.05, 0.1) is 23.4 Å². The highest BCUT2D eigenvalue weighted by Crippen LogP contribution is 2.35. The summed E-state index contributed by atoms with van der Waals surface area (Å²) in [5.41, 5.74) is 0.00777. The van der Waals surface area contributed by atoms with Crippen molar-refractivity contribution in [2.24, 2.45) is 0 Å². The summed E-state index contributed by atoms with van der Waals surface area (Å²) in [6.07, 6.45) is -3.33. The first kappa shape index (κ1) is 18.5. The molecular weight excluding hydrogens is 361 g/mol. The molecule has 0 fully saturated rings. The van der Waals surface area contributed by atoms with Crippen LogP contribution in [0.15, 0.2) is 48.7 Å². The fourth-order valence-electron chi connectivity index (χ4n) is 2.60. The molecule has 140 valence electrons. The molecule has 0 aliphatic heterocycles. The highest BCUT2D eigenvalue weighted by Gasteiger charge is 2.31. The van der Waals surface area contributed by atoms with Crippen molar-refractivity contribution in [2.75, 3.05) is 11.9 Å². The lowest BCUT2D eigenvalue weighted by Gasteiger charge is -2.15. The van der Waals surface area contributed by atoms with Gasteiger partial charge in [-0.3, -0.25) is 4.98 Å². The van der Waals surface area contributed by atoms with Crippen molar-refractivity contribution < 1.29 is 27.8 Å². The van der Waals surface area contributed by atoms with Crippen molar-refractivity contribution in [1.82, 2.24) is 4.98 Å². The van der Waals surface area contributed by atoms with E-state index < -0.39 is 17.7 Å². The van der Waals surface area contributed by atoms with Crippen molar-refractivity contribution >= 4 is 28.2 Å². The molecule has 0 aliphatic rings. The summed E-state index contributed by atoms with van der Waals surface area (Å²) in [6, 6.07) is 9.21. The number of alkyl halides is 3. The van der Waals surface area contributed by atoms with Crippen LogP contribution in [0.4, 0.5) is 24.5 Å². The van der Waals surface area contributed by atoms with Gasteiger partial charge in [-0.2, -0.15) is 13.2 Å². The maximum atomic E-state index is 13.0. The van der Waals surface area contributed by atoms with Gasteiger partial charge in [0.25, 0.3) is 0 Å². The number of rotatable bonds is 4. The molecule has 27 heavy (non-hydrogen) atoms. The predicted molar refractivity (Wildman–Crippen MR) is 94.1 cm³/mol. The summed E-state index contributed by atoms with van der Waals surface area (Å²) in [5, 5.41) is 12.9. The minimum absolute atomic E-state index is 0.00426. The zero-order valence-electron chi connectivity index (χ0n) is 14.2. The Bertz CT molecular complexity index is 1000. The molecule has 0 saturated carbocycles. The van der Waals surface area contributed by atoms with Crippen LogP contribution in [-0.4, -0.2) is 22.7 Å². The van der Waals surface area contributed by atoms with Gasteiger partial charge in [0.15, 0.2) is 0 Å². The molecule has 3 aromatic rings. The zero-order chi connectivity index (χ0) is 19.6. The first-order valence-corrected chi connectivity index (χ1v) is 8.02. The monoisotopic (exact) mass is 376 g/mol. The number of phenolic OH excluding ortho intramolecular Hbond substituents is 1. The van der Waals surface area contributed by atoms with E-state index in [-0.39, 0.29) is 29.1 Å². The number of pyridine rings is 1. The molecule has 0 radical (unpaired) electrons. The number of halogens is 3. The summed E-state index contributed by atoms with van der Waals surface area (Å²) in [7, 11) is 0. The number of hydrogen-bond donors (Lipinski definition) is 2. The normalized spacial score (nSPS) is 11.4. The quantitative estimate of drug-likeness (QED) is 0.635. The number of phenols is 1. The summed E-state index contributed by atoms with van der Waals surface area (Å²) < 4.78 is 43.9. The van der Waals surface area contributed by atoms with Gasteiger partial charge >= 0.3 is 12.1 Å². The van der Waals surface area contributed by atoms with Crippen molar-refractivity contribution in [3.8, 4) is 5.75 Å². The van der Waals surface area contributed by atoms with E-state index in [1.165, 1.54) is 24.4 Å². The van der Waals surface area contributed by atoms with Crippen LogP contribution in [-0.2, 0) is 10.9 Å². The number of fused-ring (bicyclic) bond motifs is 1. The molecule has 0 saturated heterocycles. The van der Waals surface area contributed by atoms with Gasteiger partial charge in [-0.25, -0.2) is 4.79 Å². The van der Waals surface area contributed by atoms with Crippen molar-refractivity contribution in [1.29, 1.82) is 0 Å². The van der Waals surface area contributed by atoms with Crippen molar-refractivity contribution in [3.63, 3.8) is 0 Å². The van der Waals surface area contributed by atoms with Crippen LogP contribution < -0.4 is 5.32 Å². The van der Waals surface area contributed by atoms with Gasteiger partial charge in [-0.15, -0.1) is 0 Å². The summed E-state index contributed by atoms with van der Waals surface area (Å²) >= 11 is 0. The molecule has 8 heteroatoms. The molecule has 1 heterocycles. The lowest BCUT2D eigenvalue weighted by Crippen LogP contribution is -2.10. The van der Waals surface area contributed by atoms with Gasteiger partial charge in [0.1, 0.15) is 11.3 Å². The minimum atomic E-state index is -4.51. The zero-order valence-corrected chi connectivity index (χ0v) is 14.2. The fraction of sp³-hybridized carbons (Fsp3) is 0.158. The van der Waals surface area contributed by atoms with E-state index >= 15 is 0 Å². The lowest BCUT2D eigenvalue weighted by molar-refractivity contribution is -0.137. The third kappa shape index (κ3) is 3.94. The van der Waals surface area contributed by atoms with Crippen molar-refractivity contribution in [2.45, 2.75) is 13.1 Å². The molecule has 1 aromatic heterocycles. The third-order valence-electron chi connectivity index (χ3n) is 3.81. The molecule has 0 bridgehead atoms. The van der Waals surface area contributed by atoms with E-state index in [0.717, 1.165) is 12.1 Å². The van der Waals surface area contributed by atoms with Crippen LogP contribution >= 0.6 is 0 Å². The first-order chi connectivity index (χ1) is 12.8. The Labute approximate surface area is 152 Å².